The first-order valence-corrected chi connectivity index (χ1v) is 10.1. The quantitative estimate of drug-likeness (QED) is 0.571. The number of carbonyl (C=O) groups excluding carboxylic acids is 1. The predicted octanol–water partition coefficient (Wildman–Crippen LogP) is 3.96. The first-order chi connectivity index (χ1) is 13.8. The molecule has 1 aliphatic rings. The van der Waals surface area contributed by atoms with Gasteiger partial charge in [-0.1, -0.05) is 35.5 Å². The summed E-state index contributed by atoms with van der Waals surface area (Å²) in [6.07, 6.45) is 2.72. The second kappa shape index (κ2) is 7.09. The SMILES string of the molecule is O=C(NC1CCN(c2nccs2)C1)c1ccc2noc(-c3ccccc3)c2c1. The molecule has 3 heterocycles. The van der Waals surface area contributed by atoms with Crippen molar-refractivity contribution in [2.24, 2.45) is 0 Å². The van der Waals surface area contributed by atoms with E-state index in [1.54, 1.807) is 17.4 Å². The van der Waals surface area contributed by atoms with Gasteiger partial charge in [0.1, 0.15) is 5.52 Å². The maximum absolute atomic E-state index is 12.8. The molecule has 1 unspecified atom stereocenters. The molecule has 1 atom stereocenters. The van der Waals surface area contributed by atoms with E-state index in [0.29, 0.717) is 11.3 Å². The molecule has 0 saturated carbocycles. The lowest BCUT2D eigenvalue weighted by molar-refractivity contribution is 0.0940. The monoisotopic (exact) mass is 390 g/mol. The van der Waals surface area contributed by atoms with Gasteiger partial charge in [-0.15, -0.1) is 11.3 Å². The van der Waals surface area contributed by atoms with E-state index in [4.69, 9.17) is 4.52 Å². The molecular formula is C21H18N4O2S. The molecule has 1 amide bonds. The van der Waals surface area contributed by atoms with Crippen LogP contribution in [0.3, 0.4) is 0 Å². The highest BCUT2D eigenvalue weighted by atomic mass is 32.1. The molecule has 1 fully saturated rings. The van der Waals surface area contributed by atoms with Crippen LogP contribution in [0.1, 0.15) is 16.8 Å². The third-order valence-corrected chi connectivity index (χ3v) is 5.82. The highest BCUT2D eigenvalue weighted by Gasteiger charge is 2.26. The minimum absolute atomic E-state index is 0.0758. The average Bonchev–Trinajstić information content (AvgIpc) is 3.48. The maximum atomic E-state index is 12.8. The smallest absolute Gasteiger partial charge is 0.251 e. The Morgan fingerprint density at radius 2 is 2.11 bits per heavy atom. The van der Waals surface area contributed by atoms with Crippen molar-refractivity contribution in [1.82, 2.24) is 15.5 Å². The standard InChI is InChI=1S/C21H18N4O2S/c26-20(23-16-8-10-25(13-16)21-22-9-11-28-21)15-6-7-18-17(12-15)19(27-24-18)14-4-2-1-3-5-14/h1-7,9,11-12,16H,8,10,13H2,(H,23,26). The van der Waals surface area contributed by atoms with E-state index in [1.165, 1.54) is 0 Å². The van der Waals surface area contributed by atoms with Crippen LogP contribution in [0, 0.1) is 0 Å². The van der Waals surface area contributed by atoms with Gasteiger partial charge >= 0.3 is 0 Å². The molecule has 0 bridgehead atoms. The number of thiazole rings is 1. The van der Waals surface area contributed by atoms with Crippen LogP contribution in [0.25, 0.3) is 22.2 Å². The Labute approximate surface area is 165 Å². The summed E-state index contributed by atoms with van der Waals surface area (Å²) >= 11 is 1.62. The Balaban J connectivity index is 1.35. The highest BCUT2D eigenvalue weighted by Crippen LogP contribution is 2.29. The summed E-state index contributed by atoms with van der Waals surface area (Å²) in [4.78, 5) is 19.4. The third kappa shape index (κ3) is 3.14. The van der Waals surface area contributed by atoms with Crippen LogP contribution in [-0.4, -0.2) is 35.2 Å². The number of carbonyl (C=O) groups is 1. The van der Waals surface area contributed by atoms with Crippen molar-refractivity contribution < 1.29 is 9.32 Å². The van der Waals surface area contributed by atoms with E-state index in [9.17, 15) is 4.79 Å². The molecule has 1 aliphatic heterocycles. The minimum atomic E-state index is -0.0758. The van der Waals surface area contributed by atoms with Crippen molar-refractivity contribution in [2.45, 2.75) is 12.5 Å². The first-order valence-electron chi connectivity index (χ1n) is 9.18. The molecular weight excluding hydrogens is 372 g/mol. The molecule has 6 nitrogen and oxygen atoms in total. The maximum Gasteiger partial charge on any atom is 0.251 e. The van der Waals surface area contributed by atoms with E-state index >= 15 is 0 Å². The third-order valence-electron chi connectivity index (χ3n) is 4.99. The van der Waals surface area contributed by atoms with E-state index in [0.717, 1.165) is 41.1 Å². The molecule has 0 spiro atoms. The zero-order valence-electron chi connectivity index (χ0n) is 15.0. The molecule has 5 rings (SSSR count). The number of hydrogen-bond acceptors (Lipinski definition) is 6. The lowest BCUT2D eigenvalue weighted by Gasteiger charge is -2.15. The van der Waals surface area contributed by atoms with Crippen molar-refractivity contribution in [1.29, 1.82) is 0 Å². The normalized spacial score (nSPS) is 16.6. The van der Waals surface area contributed by atoms with Crippen LogP contribution < -0.4 is 10.2 Å². The van der Waals surface area contributed by atoms with Gasteiger partial charge in [0.05, 0.1) is 5.39 Å². The number of nitrogens with one attached hydrogen (secondary N) is 1. The van der Waals surface area contributed by atoms with Crippen LogP contribution in [0.4, 0.5) is 5.13 Å². The number of rotatable bonds is 4. The van der Waals surface area contributed by atoms with Gasteiger partial charge in [0, 0.05) is 41.8 Å². The molecule has 1 saturated heterocycles. The molecule has 140 valence electrons. The molecule has 28 heavy (non-hydrogen) atoms. The fraction of sp³-hybridized carbons (Fsp3) is 0.190. The van der Waals surface area contributed by atoms with Gasteiger partial charge < -0.3 is 14.7 Å². The number of fused-ring (bicyclic) bond motifs is 1. The lowest BCUT2D eigenvalue weighted by Crippen LogP contribution is -2.37. The predicted molar refractivity (Wildman–Crippen MR) is 110 cm³/mol. The summed E-state index contributed by atoms with van der Waals surface area (Å²) < 4.78 is 5.53. The lowest BCUT2D eigenvalue weighted by atomic mass is 10.1. The Morgan fingerprint density at radius 3 is 2.93 bits per heavy atom. The molecule has 4 aromatic rings. The summed E-state index contributed by atoms with van der Waals surface area (Å²) in [5, 5.41) is 11.1. The van der Waals surface area contributed by atoms with E-state index in [2.05, 4.69) is 20.4 Å². The largest absolute Gasteiger partial charge is 0.355 e. The van der Waals surface area contributed by atoms with E-state index in [-0.39, 0.29) is 11.9 Å². The summed E-state index contributed by atoms with van der Waals surface area (Å²) in [6, 6.07) is 15.4. The second-order valence-corrected chi connectivity index (χ2v) is 7.70. The molecule has 2 aromatic carbocycles. The topological polar surface area (TPSA) is 71.3 Å². The summed E-state index contributed by atoms with van der Waals surface area (Å²) in [5.74, 6) is 0.606. The summed E-state index contributed by atoms with van der Waals surface area (Å²) in [6.45, 7) is 1.69. The van der Waals surface area contributed by atoms with E-state index < -0.39 is 0 Å². The summed E-state index contributed by atoms with van der Waals surface area (Å²) in [5.41, 5.74) is 2.30. The Hall–Kier alpha value is -3.19. The van der Waals surface area contributed by atoms with Gasteiger partial charge in [0.15, 0.2) is 10.9 Å². The fourth-order valence-corrected chi connectivity index (χ4v) is 4.25. The Kier molecular flexibility index (Phi) is 4.29. The number of nitrogens with zero attached hydrogens (tertiary/aromatic N) is 3. The number of aromatic nitrogens is 2. The summed E-state index contributed by atoms with van der Waals surface area (Å²) in [7, 11) is 0. The Morgan fingerprint density at radius 1 is 1.21 bits per heavy atom. The average molecular weight is 390 g/mol. The van der Waals surface area contributed by atoms with Crippen molar-refractivity contribution >= 4 is 33.3 Å². The van der Waals surface area contributed by atoms with Gasteiger partial charge in [-0.05, 0) is 24.6 Å². The van der Waals surface area contributed by atoms with Gasteiger partial charge in [0.2, 0.25) is 0 Å². The van der Waals surface area contributed by atoms with Crippen molar-refractivity contribution in [3.63, 3.8) is 0 Å². The van der Waals surface area contributed by atoms with Gasteiger partial charge in [-0.25, -0.2) is 4.98 Å². The number of amides is 1. The number of benzene rings is 2. The van der Waals surface area contributed by atoms with Crippen LogP contribution in [-0.2, 0) is 0 Å². The molecule has 0 aliphatic carbocycles. The highest BCUT2D eigenvalue weighted by molar-refractivity contribution is 7.13. The zero-order chi connectivity index (χ0) is 18.9. The van der Waals surface area contributed by atoms with Gasteiger partial charge in [-0.2, -0.15) is 0 Å². The van der Waals surface area contributed by atoms with Crippen LogP contribution in [0.15, 0.2) is 64.6 Å². The first kappa shape index (κ1) is 16.9. The molecule has 7 heteroatoms. The number of anilines is 1. The number of hydrogen-bond donors (Lipinski definition) is 1. The van der Waals surface area contributed by atoms with Crippen LogP contribution >= 0.6 is 11.3 Å². The molecule has 0 radical (unpaired) electrons. The van der Waals surface area contributed by atoms with E-state index in [1.807, 2.05) is 54.0 Å². The second-order valence-electron chi connectivity index (χ2n) is 6.83. The van der Waals surface area contributed by atoms with Crippen molar-refractivity contribution in [3.05, 3.63) is 65.7 Å². The minimum Gasteiger partial charge on any atom is -0.355 e. The Bertz CT molecular complexity index is 1110. The fourth-order valence-electron chi connectivity index (χ4n) is 3.57. The van der Waals surface area contributed by atoms with Crippen LogP contribution in [0.5, 0.6) is 0 Å². The van der Waals surface area contributed by atoms with Crippen LogP contribution in [0.2, 0.25) is 0 Å². The molecule has 1 N–H and O–H groups in total. The molecule has 2 aromatic heterocycles. The van der Waals surface area contributed by atoms with Gasteiger partial charge in [0.25, 0.3) is 5.91 Å². The van der Waals surface area contributed by atoms with Gasteiger partial charge in [-0.3, -0.25) is 4.79 Å². The van der Waals surface area contributed by atoms with Crippen molar-refractivity contribution in [2.75, 3.05) is 18.0 Å². The van der Waals surface area contributed by atoms with Crippen molar-refractivity contribution in [3.8, 4) is 11.3 Å². The zero-order valence-corrected chi connectivity index (χ0v) is 15.9.